The Balaban J connectivity index is 3.27. The van der Waals surface area contributed by atoms with Crippen molar-refractivity contribution in [3.63, 3.8) is 0 Å². The first-order valence-corrected chi connectivity index (χ1v) is 4.52. The summed E-state index contributed by atoms with van der Waals surface area (Å²) >= 11 is 0. The van der Waals surface area contributed by atoms with Gasteiger partial charge < -0.3 is 5.73 Å². The van der Waals surface area contributed by atoms with Crippen molar-refractivity contribution in [2.24, 2.45) is 5.73 Å². The van der Waals surface area contributed by atoms with Gasteiger partial charge in [-0.05, 0) is 0 Å². The summed E-state index contributed by atoms with van der Waals surface area (Å²) in [4.78, 5) is 9.46. The Morgan fingerprint density at radius 2 is 1.67 bits per heavy atom. The van der Waals surface area contributed by atoms with Crippen LogP contribution in [0.2, 0.25) is 0 Å². The maximum Gasteiger partial charge on any atom is 0.455 e. The third kappa shape index (κ3) is 2.40. The van der Waals surface area contributed by atoms with Crippen LogP contribution in [0.1, 0.15) is 11.6 Å². The van der Waals surface area contributed by atoms with Crippen molar-refractivity contribution in [2.75, 3.05) is 0 Å². The van der Waals surface area contributed by atoms with E-state index in [1.807, 2.05) is 0 Å². The van der Waals surface area contributed by atoms with Crippen LogP contribution in [0.4, 0.5) is 27.6 Å². The third-order valence-corrected chi connectivity index (χ3v) is 2.24. The molecule has 1 aromatic rings. The minimum absolute atomic E-state index is 0.766. The molecule has 0 saturated heterocycles. The average molecular weight is 270 g/mol. The second kappa shape index (κ2) is 4.48. The molecule has 1 aromatic carbocycles. The number of hydrogen-bond donors (Lipinski definition) is 1. The maximum absolute atomic E-state index is 13.0. The fourth-order valence-electron chi connectivity index (χ4n) is 1.29. The van der Waals surface area contributed by atoms with E-state index in [0.717, 1.165) is 24.3 Å². The normalized spacial score (nSPS) is 14.3. The summed E-state index contributed by atoms with van der Waals surface area (Å²) in [5, 5.41) is 10.5. The number of nitro benzene ring substituents is 1. The molecule has 0 aromatic heterocycles. The number of nitrogens with two attached hydrogens (primary N) is 1. The molecule has 0 radical (unpaired) electrons. The summed E-state index contributed by atoms with van der Waals surface area (Å²) in [5.41, 5.74) is 3.07. The van der Waals surface area contributed by atoms with Crippen molar-refractivity contribution in [1.82, 2.24) is 0 Å². The number of benzene rings is 1. The predicted octanol–water partition coefficient (Wildman–Crippen LogP) is 2.79. The molecule has 18 heavy (non-hydrogen) atoms. The van der Waals surface area contributed by atoms with Crippen LogP contribution < -0.4 is 5.73 Å². The van der Waals surface area contributed by atoms with Gasteiger partial charge in [0.2, 0.25) is 0 Å². The highest BCUT2D eigenvalue weighted by Crippen LogP contribution is 2.44. The van der Waals surface area contributed by atoms with Crippen LogP contribution in [-0.4, -0.2) is 17.0 Å². The van der Waals surface area contributed by atoms with E-state index >= 15 is 0 Å². The molecule has 2 N–H and O–H groups in total. The first kappa shape index (κ1) is 14.3. The quantitative estimate of drug-likeness (QED) is 0.521. The van der Waals surface area contributed by atoms with E-state index in [9.17, 15) is 32.1 Å². The summed E-state index contributed by atoms with van der Waals surface area (Å²) in [6.07, 6.45) is -5.88. The SMILES string of the molecule is N[C@@H](c1ccccc1[N+](=O)[O-])C(F)(F)C(F)(F)F. The van der Waals surface area contributed by atoms with Crippen LogP contribution in [0, 0.1) is 10.1 Å². The highest BCUT2D eigenvalue weighted by atomic mass is 19.4. The van der Waals surface area contributed by atoms with E-state index in [1.165, 1.54) is 0 Å². The Bertz CT molecular complexity index is 461. The molecule has 9 heteroatoms. The van der Waals surface area contributed by atoms with E-state index in [1.54, 1.807) is 0 Å². The predicted molar refractivity (Wildman–Crippen MR) is 51.0 cm³/mol. The second-order valence-electron chi connectivity index (χ2n) is 3.41. The molecule has 0 fully saturated rings. The molecule has 0 aliphatic carbocycles. The van der Waals surface area contributed by atoms with Gasteiger partial charge in [0.05, 0.1) is 10.5 Å². The van der Waals surface area contributed by atoms with Crippen molar-refractivity contribution in [3.8, 4) is 0 Å². The Morgan fingerprint density at radius 3 is 2.11 bits per heavy atom. The molecule has 1 rings (SSSR count). The second-order valence-corrected chi connectivity index (χ2v) is 3.41. The van der Waals surface area contributed by atoms with Crippen molar-refractivity contribution in [1.29, 1.82) is 0 Å². The van der Waals surface area contributed by atoms with Gasteiger partial charge in [0, 0.05) is 6.07 Å². The smallest absolute Gasteiger partial charge is 0.318 e. The molecule has 0 aliphatic heterocycles. The monoisotopic (exact) mass is 270 g/mol. The van der Waals surface area contributed by atoms with E-state index in [2.05, 4.69) is 0 Å². The molecule has 0 amide bonds. The zero-order valence-corrected chi connectivity index (χ0v) is 8.62. The summed E-state index contributed by atoms with van der Waals surface area (Å²) < 4.78 is 62.3. The molecule has 0 heterocycles. The molecule has 0 aliphatic rings. The van der Waals surface area contributed by atoms with E-state index < -0.39 is 34.3 Å². The van der Waals surface area contributed by atoms with Crippen molar-refractivity contribution >= 4 is 5.69 Å². The lowest BCUT2D eigenvalue weighted by Gasteiger charge is -2.25. The molecule has 0 bridgehead atoms. The molecular weight excluding hydrogens is 263 g/mol. The van der Waals surface area contributed by atoms with Gasteiger partial charge in [-0.3, -0.25) is 10.1 Å². The lowest BCUT2D eigenvalue weighted by Crippen LogP contribution is -2.46. The average Bonchev–Trinajstić information content (AvgIpc) is 2.26. The van der Waals surface area contributed by atoms with Gasteiger partial charge in [-0.15, -0.1) is 0 Å². The number of nitrogens with zero attached hydrogens (tertiary/aromatic N) is 1. The fourth-order valence-corrected chi connectivity index (χ4v) is 1.29. The highest BCUT2D eigenvalue weighted by Gasteiger charge is 2.62. The number of para-hydroxylation sites is 1. The van der Waals surface area contributed by atoms with Gasteiger partial charge in [-0.25, -0.2) is 0 Å². The Kier molecular flexibility index (Phi) is 3.56. The third-order valence-electron chi connectivity index (χ3n) is 2.24. The first-order chi connectivity index (χ1) is 8.09. The first-order valence-electron chi connectivity index (χ1n) is 4.52. The van der Waals surface area contributed by atoms with Gasteiger partial charge in [0.15, 0.2) is 0 Å². The van der Waals surface area contributed by atoms with Crippen LogP contribution >= 0.6 is 0 Å². The van der Waals surface area contributed by atoms with Gasteiger partial charge in [0.25, 0.3) is 5.69 Å². The number of alkyl halides is 5. The number of nitro groups is 1. The molecule has 0 unspecified atom stereocenters. The summed E-state index contributed by atoms with van der Waals surface area (Å²) in [6, 6.07) is 0.970. The Labute approximate surface area is 97.3 Å². The number of halogens is 5. The zero-order chi connectivity index (χ0) is 14.1. The minimum Gasteiger partial charge on any atom is -0.318 e. The largest absolute Gasteiger partial charge is 0.455 e. The van der Waals surface area contributed by atoms with Gasteiger partial charge in [0.1, 0.15) is 6.04 Å². The van der Waals surface area contributed by atoms with Crippen molar-refractivity contribution in [2.45, 2.75) is 18.1 Å². The van der Waals surface area contributed by atoms with Crippen LogP contribution in [-0.2, 0) is 0 Å². The van der Waals surface area contributed by atoms with Crippen LogP contribution in [0.3, 0.4) is 0 Å². The van der Waals surface area contributed by atoms with Crippen molar-refractivity contribution in [3.05, 3.63) is 39.9 Å². The van der Waals surface area contributed by atoms with Crippen LogP contribution in [0.25, 0.3) is 0 Å². The molecule has 0 saturated carbocycles. The molecule has 1 atom stereocenters. The number of hydrogen-bond acceptors (Lipinski definition) is 3. The van der Waals surface area contributed by atoms with E-state index in [0.29, 0.717) is 0 Å². The Morgan fingerprint density at radius 1 is 1.17 bits per heavy atom. The van der Waals surface area contributed by atoms with Gasteiger partial charge in [-0.1, -0.05) is 18.2 Å². The van der Waals surface area contributed by atoms with Gasteiger partial charge >= 0.3 is 12.1 Å². The fraction of sp³-hybridized carbons (Fsp3) is 0.333. The van der Waals surface area contributed by atoms with E-state index in [4.69, 9.17) is 5.73 Å². The summed E-state index contributed by atoms with van der Waals surface area (Å²) in [6.45, 7) is 0. The number of rotatable bonds is 3. The minimum atomic E-state index is -5.88. The molecule has 0 spiro atoms. The molecular formula is C9H7F5N2O2. The van der Waals surface area contributed by atoms with Crippen LogP contribution in [0.15, 0.2) is 24.3 Å². The summed E-state index contributed by atoms with van der Waals surface area (Å²) in [7, 11) is 0. The van der Waals surface area contributed by atoms with Gasteiger partial charge in [-0.2, -0.15) is 22.0 Å². The zero-order valence-electron chi connectivity index (χ0n) is 8.62. The lowest BCUT2D eigenvalue weighted by atomic mass is 9.99. The van der Waals surface area contributed by atoms with E-state index in [-0.39, 0.29) is 0 Å². The highest BCUT2D eigenvalue weighted by molar-refractivity contribution is 5.43. The molecule has 100 valence electrons. The maximum atomic E-state index is 13.0. The topological polar surface area (TPSA) is 69.2 Å². The summed E-state index contributed by atoms with van der Waals surface area (Å²) in [5.74, 6) is -5.25. The Hall–Kier alpha value is -1.77. The lowest BCUT2D eigenvalue weighted by molar-refractivity contribution is -0.386. The molecule has 4 nitrogen and oxygen atoms in total. The standard InChI is InChI=1S/C9H7F5N2O2/c10-8(11,9(12,13)14)7(15)5-3-1-2-4-6(5)16(17)18/h1-4,7H,15H2/t7-/m0/s1. The van der Waals surface area contributed by atoms with Crippen molar-refractivity contribution < 1.29 is 26.9 Å². The van der Waals surface area contributed by atoms with Crippen LogP contribution in [0.5, 0.6) is 0 Å².